The Morgan fingerprint density at radius 2 is 1.73 bits per heavy atom. The largest absolute Gasteiger partial charge is 0.448 e. The van der Waals surface area contributed by atoms with Crippen LogP contribution in [-0.4, -0.2) is 41.4 Å². The van der Waals surface area contributed by atoms with Gasteiger partial charge in [0.15, 0.2) is 11.5 Å². The first-order valence-corrected chi connectivity index (χ1v) is 11.0. The van der Waals surface area contributed by atoms with Crippen LogP contribution >= 0.6 is 0 Å². The zero-order chi connectivity index (χ0) is 21.4. The number of piperidine rings is 1. The Morgan fingerprint density at radius 1 is 1.07 bits per heavy atom. The molecule has 1 aromatic carbocycles. The van der Waals surface area contributed by atoms with Gasteiger partial charge in [0.25, 0.3) is 5.79 Å². The third-order valence-electron chi connectivity index (χ3n) is 5.94. The first kappa shape index (κ1) is 20.8. The molecule has 2 heterocycles. The van der Waals surface area contributed by atoms with E-state index in [0.717, 1.165) is 31.4 Å². The molecule has 164 valence electrons. The maximum Gasteiger partial charge on any atom is 0.410 e. The lowest BCUT2D eigenvalue weighted by atomic mass is 9.94. The molecule has 0 radical (unpaired) electrons. The van der Waals surface area contributed by atoms with Crippen LogP contribution in [0.4, 0.5) is 10.5 Å². The van der Waals surface area contributed by atoms with Crippen LogP contribution in [0.1, 0.15) is 65.7 Å². The van der Waals surface area contributed by atoms with Gasteiger partial charge in [-0.2, -0.15) is 0 Å². The number of fused-ring (bicyclic) bond motifs is 1. The second-order valence-electron chi connectivity index (χ2n) is 9.57. The monoisotopic (exact) mass is 416 g/mol. The van der Waals surface area contributed by atoms with Crippen molar-refractivity contribution in [3.63, 3.8) is 0 Å². The summed E-state index contributed by atoms with van der Waals surface area (Å²) in [6, 6.07) is 5.59. The number of benzene rings is 1. The lowest BCUT2D eigenvalue weighted by Crippen LogP contribution is -2.43. The van der Waals surface area contributed by atoms with E-state index in [0.29, 0.717) is 37.4 Å². The fraction of sp³-hybridized carbons (Fsp3) is 0.652. The summed E-state index contributed by atoms with van der Waals surface area (Å²) in [5, 5.41) is 3.01. The van der Waals surface area contributed by atoms with Gasteiger partial charge in [-0.3, -0.25) is 4.79 Å². The fourth-order valence-corrected chi connectivity index (χ4v) is 4.36. The average Bonchev–Trinajstić information content (AvgIpc) is 3.03. The Labute approximate surface area is 178 Å². The quantitative estimate of drug-likeness (QED) is 0.756. The van der Waals surface area contributed by atoms with E-state index in [2.05, 4.69) is 5.32 Å². The van der Waals surface area contributed by atoms with Crippen molar-refractivity contribution >= 4 is 17.7 Å². The lowest BCUT2D eigenvalue weighted by Gasteiger charge is -2.32. The molecule has 2 aliphatic heterocycles. The van der Waals surface area contributed by atoms with Crippen molar-refractivity contribution in [2.24, 2.45) is 5.92 Å². The predicted octanol–water partition coefficient (Wildman–Crippen LogP) is 4.70. The number of likely N-dealkylation sites (tertiary alicyclic amines) is 1. The second kappa shape index (κ2) is 8.00. The van der Waals surface area contributed by atoms with E-state index in [9.17, 15) is 9.59 Å². The molecule has 1 saturated carbocycles. The molecule has 0 aromatic heterocycles. The zero-order valence-corrected chi connectivity index (χ0v) is 18.2. The Kier molecular flexibility index (Phi) is 5.55. The molecule has 3 aliphatic rings. The fourth-order valence-electron chi connectivity index (χ4n) is 4.36. The number of amides is 2. The standard InChI is InChI=1S/C23H32N2O5/c1-22(2,3)30-21(27)25-13-9-16(10-14-25)20(26)24-17-7-8-18-19(15-17)29-23(28-18)11-5-4-6-12-23/h7-8,15-16H,4-6,9-14H2,1-3H3,(H,24,26). The number of ether oxygens (including phenoxy) is 3. The van der Waals surface area contributed by atoms with E-state index in [1.54, 1.807) is 4.90 Å². The van der Waals surface area contributed by atoms with Crippen LogP contribution in [0.25, 0.3) is 0 Å². The van der Waals surface area contributed by atoms with Crippen LogP contribution in [0.3, 0.4) is 0 Å². The van der Waals surface area contributed by atoms with Crippen LogP contribution in [-0.2, 0) is 9.53 Å². The summed E-state index contributed by atoms with van der Waals surface area (Å²) in [5.41, 5.74) is 0.200. The van der Waals surface area contributed by atoms with Gasteiger partial charge in [-0.05, 0) is 58.6 Å². The highest BCUT2D eigenvalue weighted by Gasteiger charge is 2.42. The summed E-state index contributed by atoms with van der Waals surface area (Å²) in [5.74, 6) is 0.788. The topological polar surface area (TPSA) is 77.1 Å². The molecule has 0 unspecified atom stereocenters. The van der Waals surface area contributed by atoms with Crippen molar-refractivity contribution in [3.8, 4) is 11.5 Å². The van der Waals surface area contributed by atoms with Crippen LogP contribution in [0, 0.1) is 5.92 Å². The minimum absolute atomic E-state index is 0.0231. The van der Waals surface area contributed by atoms with Crippen LogP contribution < -0.4 is 14.8 Å². The first-order valence-electron chi connectivity index (χ1n) is 11.0. The molecule has 2 amide bonds. The molecule has 7 nitrogen and oxygen atoms in total. The van der Waals surface area contributed by atoms with Gasteiger partial charge >= 0.3 is 6.09 Å². The Hall–Kier alpha value is -2.44. The summed E-state index contributed by atoms with van der Waals surface area (Å²) in [6.07, 6.45) is 6.18. The highest BCUT2D eigenvalue weighted by Crippen LogP contribution is 2.46. The summed E-state index contributed by atoms with van der Waals surface area (Å²) >= 11 is 0. The zero-order valence-electron chi connectivity index (χ0n) is 18.2. The molecular formula is C23H32N2O5. The van der Waals surface area contributed by atoms with Gasteiger partial charge in [0.2, 0.25) is 5.91 Å². The summed E-state index contributed by atoms with van der Waals surface area (Å²) in [6.45, 7) is 6.61. The van der Waals surface area contributed by atoms with Crippen molar-refractivity contribution < 1.29 is 23.8 Å². The molecule has 0 bridgehead atoms. The van der Waals surface area contributed by atoms with Crippen molar-refractivity contribution in [3.05, 3.63) is 18.2 Å². The predicted molar refractivity (Wildman–Crippen MR) is 113 cm³/mol. The molecule has 1 saturated heterocycles. The molecular weight excluding hydrogens is 384 g/mol. The third-order valence-corrected chi connectivity index (χ3v) is 5.94. The molecule has 4 rings (SSSR count). The summed E-state index contributed by atoms with van der Waals surface area (Å²) in [7, 11) is 0. The van der Waals surface area contributed by atoms with E-state index < -0.39 is 11.4 Å². The van der Waals surface area contributed by atoms with Crippen LogP contribution in [0.15, 0.2) is 18.2 Å². The van der Waals surface area contributed by atoms with E-state index in [-0.39, 0.29) is 17.9 Å². The Balaban J connectivity index is 1.31. The second-order valence-corrected chi connectivity index (χ2v) is 9.57. The normalized spacial score (nSPS) is 20.8. The average molecular weight is 417 g/mol. The molecule has 1 aromatic rings. The number of nitrogens with zero attached hydrogens (tertiary/aromatic N) is 1. The molecule has 1 aliphatic carbocycles. The molecule has 30 heavy (non-hydrogen) atoms. The minimum Gasteiger partial charge on any atom is -0.448 e. The lowest BCUT2D eigenvalue weighted by molar-refractivity contribution is -0.121. The van der Waals surface area contributed by atoms with E-state index >= 15 is 0 Å². The Morgan fingerprint density at radius 3 is 2.40 bits per heavy atom. The maximum absolute atomic E-state index is 12.8. The van der Waals surface area contributed by atoms with Gasteiger partial charge in [-0.25, -0.2) is 4.79 Å². The highest BCUT2D eigenvalue weighted by atomic mass is 16.7. The number of anilines is 1. The first-order chi connectivity index (χ1) is 14.2. The molecule has 2 fully saturated rings. The number of nitrogens with one attached hydrogen (secondary N) is 1. The number of rotatable bonds is 2. The SMILES string of the molecule is CC(C)(C)OC(=O)N1CCC(C(=O)Nc2ccc3c(c2)OC2(CCCCC2)O3)CC1. The smallest absolute Gasteiger partial charge is 0.410 e. The molecule has 1 spiro atoms. The Bertz CT molecular complexity index is 802. The van der Waals surface area contributed by atoms with Crippen LogP contribution in [0.2, 0.25) is 0 Å². The van der Waals surface area contributed by atoms with Crippen molar-refractivity contribution in [1.29, 1.82) is 0 Å². The number of carbonyl (C=O) groups is 2. The minimum atomic E-state index is -0.516. The highest BCUT2D eigenvalue weighted by molar-refractivity contribution is 5.93. The molecule has 7 heteroatoms. The van der Waals surface area contributed by atoms with Gasteiger partial charge in [0.1, 0.15) is 5.60 Å². The maximum atomic E-state index is 12.8. The summed E-state index contributed by atoms with van der Waals surface area (Å²) in [4.78, 5) is 26.6. The van der Waals surface area contributed by atoms with Gasteiger partial charge in [0.05, 0.1) is 0 Å². The summed E-state index contributed by atoms with van der Waals surface area (Å²) < 4.78 is 17.7. The van der Waals surface area contributed by atoms with E-state index in [1.807, 2.05) is 39.0 Å². The number of hydrogen-bond acceptors (Lipinski definition) is 5. The van der Waals surface area contributed by atoms with Gasteiger partial charge < -0.3 is 24.4 Å². The molecule has 1 N–H and O–H groups in total. The van der Waals surface area contributed by atoms with E-state index in [1.165, 1.54) is 6.42 Å². The van der Waals surface area contributed by atoms with E-state index in [4.69, 9.17) is 14.2 Å². The van der Waals surface area contributed by atoms with Gasteiger partial charge in [0, 0.05) is 43.6 Å². The van der Waals surface area contributed by atoms with Crippen molar-refractivity contribution in [2.45, 2.75) is 77.1 Å². The van der Waals surface area contributed by atoms with Crippen LogP contribution in [0.5, 0.6) is 11.5 Å². The van der Waals surface area contributed by atoms with Gasteiger partial charge in [-0.1, -0.05) is 6.42 Å². The van der Waals surface area contributed by atoms with Crippen molar-refractivity contribution in [1.82, 2.24) is 4.90 Å². The van der Waals surface area contributed by atoms with Crippen molar-refractivity contribution in [2.75, 3.05) is 18.4 Å². The number of hydrogen-bond donors (Lipinski definition) is 1. The number of carbonyl (C=O) groups excluding carboxylic acids is 2. The van der Waals surface area contributed by atoms with Gasteiger partial charge in [-0.15, -0.1) is 0 Å². The third kappa shape index (κ3) is 4.65. The molecule has 0 atom stereocenters.